The van der Waals surface area contributed by atoms with Crippen LogP contribution in [0.1, 0.15) is 46.8 Å². The molecule has 9 nitrogen and oxygen atoms in total. The summed E-state index contributed by atoms with van der Waals surface area (Å²) < 4.78 is 13.0. The van der Waals surface area contributed by atoms with Crippen LogP contribution in [0.5, 0.6) is 11.5 Å². The van der Waals surface area contributed by atoms with Crippen molar-refractivity contribution in [2.24, 2.45) is 0 Å². The predicted octanol–water partition coefficient (Wildman–Crippen LogP) is 2.18. The summed E-state index contributed by atoms with van der Waals surface area (Å²) in [4.78, 5) is 29.1. The van der Waals surface area contributed by atoms with Gasteiger partial charge in [0.2, 0.25) is 5.91 Å². The number of hydrogen-bond acceptors (Lipinski definition) is 7. The molecule has 1 aliphatic heterocycles. The molecule has 0 atom stereocenters. The van der Waals surface area contributed by atoms with Crippen LogP contribution in [0.3, 0.4) is 0 Å². The van der Waals surface area contributed by atoms with E-state index in [4.69, 9.17) is 9.47 Å². The molecule has 9 heteroatoms. The molecule has 0 spiro atoms. The van der Waals surface area contributed by atoms with E-state index < -0.39 is 0 Å². The number of aryl methyl sites for hydroxylation is 2. The molecule has 1 amide bonds. The highest BCUT2D eigenvalue weighted by atomic mass is 16.5. The molecule has 0 aliphatic carbocycles. The molecule has 0 saturated carbocycles. The third-order valence-corrected chi connectivity index (χ3v) is 4.85. The normalized spacial score (nSPS) is 13.1. The summed E-state index contributed by atoms with van der Waals surface area (Å²) in [7, 11) is 0. The van der Waals surface area contributed by atoms with Gasteiger partial charge in [0.15, 0.2) is 23.1 Å². The maximum atomic E-state index is 12.5. The van der Waals surface area contributed by atoms with E-state index in [1.165, 1.54) is 0 Å². The van der Waals surface area contributed by atoms with Crippen LogP contribution < -0.4 is 14.8 Å². The number of ether oxygens (including phenoxy) is 2. The van der Waals surface area contributed by atoms with Crippen molar-refractivity contribution in [3.05, 3.63) is 47.0 Å². The van der Waals surface area contributed by atoms with E-state index in [1.807, 2.05) is 19.9 Å². The summed E-state index contributed by atoms with van der Waals surface area (Å²) in [5, 5.41) is 10.9. The fourth-order valence-corrected chi connectivity index (χ4v) is 3.39. The first-order valence-electron chi connectivity index (χ1n) is 9.89. The van der Waals surface area contributed by atoms with Crippen molar-refractivity contribution < 1.29 is 19.1 Å². The predicted molar refractivity (Wildman–Crippen MR) is 108 cm³/mol. The summed E-state index contributed by atoms with van der Waals surface area (Å²) in [5.74, 6) is 1.96. The summed E-state index contributed by atoms with van der Waals surface area (Å²) in [6.45, 7) is 5.19. The highest BCUT2D eigenvalue weighted by Gasteiger charge is 2.16. The summed E-state index contributed by atoms with van der Waals surface area (Å²) in [6, 6.07) is 7.05. The van der Waals surface area contributed by atoms with Crippen LogP contribution in [-0.4, -0.2) is 44.5 Å². The Labute approximate surface area is 173 Å². The van der Waals surface area contributed by atoms with Crippen LogP contribution in [0.2, 0.25) is 0 Å². The van der Waals surface area contributed by atoms with Gasteiger partial charge in [0, 0.05) is 36.2 Å². The maximum absolute atomic E-state index is 12.5. The molecule has 1 aromatic carbocycles. The number of ketones is 1. The Bertz CT molecular complexity index is 1110. The number of nitrogens with zero attached hydrogens (tertiary/aromatic N) is 4. The number of nitrogens with one attached hydrogen (secondary N) is 1. The SMILES string of the molecule is Cc1cc(C)n2c(CNC(=O)CCC(=O)c3ccc4c(c3)OCCCO4)nnc2n1. The summed E-state index contributed by atoms with van der Waals surface area (Å²) in [6.07, 6.45) is 0.987. The molecule has 0 radical (unpaired) electrons. The molecule has 1 N–H and O–H groups in total. The maximum Gasteiger partial charge on any atom is 0.255 e. The number of hydrogen-bond donors (Lipinski definition) is 1. The number of amides is 1. The van der Waals surface area contributed by atoms with Crippen LogP contribution in [0.15, 0.2) is 24.3 Å². The number of benzene rings is 1. The van der Waals surface area contributed by atoms with Crippen molar-refractivity contribution in [2.45, 2.75) is 39.7 Å². The highest BCUT2D eigenvalue weighted by Crippen LogP contribution is 2.30. The third-order valence-electron chi connectivity index (χ3n) is 4.85. The highest BCUT2D eigenvalue weighted by molar-refractivity contribution is 5.98. The second-order valence-corrected chi connectivity index (χ2v) is 7.20. The van der Waals surface area contributed by atoms with Crippen LogP contribution in [0.25, 0.3) is 5.78 Å². The van der Waals surface area contributed by atoms with Crippen LogP contribution in [0.4, 0.5) is 0 Å². The molecule has 0 bridgehead atoms. The molecule has 3 heterocycles. The van der Waals surface area contributed by atoms with Gasteiger partial charge in [-0.3, -0.25) is 14.0 Å². The van der Waals surface area contributed by atoms with Gasteiger partial charge in [-0.05, 0) is 38.1 Å². The van der Waals surface area contributed by atoms with Crippen molar-refractivity contribution in [3.8, 4) is 11.5 Å². The van der Waals surface area contributed by atoms with Crippen LogP contribution in [-0.2, 0) is 11.3 Å². The molecule has 1 aliphatic rings. The lowest BCUT2D eigenvalue weighted by Gasteiger charge is -2.09. The van der Waals surface area contributed by atoms with Gasteiger partial charge >= 0.3 is 0 Å². The smallest absolute Gasteiger partial charge is 0.255 e. The van der Waals surface area contributed by atoms with Gasteiger partial charge in [0.1, 0.15) is 0 Å². The molecule has 2 aromatic heterocycles. The first kappa shape index (κ1) is 19.8. The van der Waals surface area contributed by atoms with E-state index >= 15 is 0 Å². The minimum Gasteiger partial charge on any atom is -0.490 e. The van der Waals surface area contributed by atoms with E-state index in [9.17, 15) is 9.59 Å². The van der Waals surface area contributed by atoms with Gasteiger partial charge in [0.25, 0.3) is 5.78 Å². The monoisotopic (exact) mass is 409 g/mol. The minimum absolute atomic E-state index is 0.0837. The fourth-order valence-electron chi connectivity index (χ4n) is 3.39. The number of carbonyl (C=O) groups excluding carboxylic acids is 2. The Kier molecular flexibility index (Phi) is 5.60. The number of Topliss-reactive ketones (excluding diaryl/α,β-unsaturated/α-hetero) is 1. The molecular formula is C21H23N5O4. The number of carbonyl (C=O) groups is 2. The van der Waals surface area contributed by atoms with Crippen molar-refractivity contribution >= 4 is 17.5 Å². The summed E-state index contributed by atoms with van der Waals surface area (Å²) >= 11 is 0. The van der Waals surface area contributed by atoms with Gasteiger partial charge in [-0.2, -0.15) is 0 Å². The Morgan fingerprint density at radius 3 is 2.70 bits per heavy atom. The quantitative estimate of drug-likeness (QED) is 0.622. The number of rotatable bonds is 6. The lowest BCUT2D eigenvalue weighted by Crippen LogP contribution is -2.24. The zero-order valence-electron chi connectivity index (χ0n) is 17.0. The molecule has 156 valence electrons. The van der Waals surface area contributed by atoms with Crippen LogP contribution >= 0.6 is 0 Å². The largest absolute Gasteiger partial charge is 0.490 e. The Hall–Kier alpha value is -3.49. The van der Waals surface area contributed by atoms with Gasteiger partial charge in [-0.25, -0.2) is 4.98 Å². The Morgan fingerprint density at radius 2 is 1.87 bits per heavy atom. The second-order valence-electron chi connectivity index (χ2n) is 7.20. The van der Waals surface area contributed by atoms with Crippen LogP contribution in [0, 0.1) is 13.8 Å². The molecule has 30 heavy (non-hydrogen) atoms. The molecule has 0 fully saturated rings. The summed E-state index contributed by atoms with van der Waals surface area (Å²) in [5.41, 5.74) is 2.31. The number of fused-ring (bicyclic) bond motifs is 2. The third kappa shape index (κ3) is 4.24. The average molecular weight is 409 g/mol. The van der Waals surface area contributed by atoms with Gasteiger partial charge < -0.3 is 14.8 Å². The molecule has 0 unspecified atom stereocenters. The van der Waals surface area contributed by atoms with Crippen molar-refractivity contribution in [1.29, 1.82) is 0 Å². The van der Waals surface area contributed by atoms with Gasteiger partial charge in [-0.1, -0.05) is 0 Å². The lowest BCUT2D eigenvalue weighted by molar-refractivity contribution is -0.121. The van der Waals surface area contributed by atoms with Gasteiger partial charge in [0.05, 0.1) is 19.8 Å². The topological polar surface area (TPSA) is 108 Å². The van der Waals surface area contributed by atoms with E-state index in [0.717, 1.165) is 17.8 Å². The standard InChI is InChI=1S/C21H23N5O4/c1-13-10-14(2)26-19(24-25-21(26)23-13)12-22-20(28)7-5-16(27)15-4-6-17-18(11-15)30-9-3-8-29-17/h4,6,10-11H,3,5,7-9,12H2,1-2H3,(H,22,28). The Morgan fingerprint density at radius 1 is 1.07 bits per heavy atom. The molecule has 3 aromatic rings. The minimum atomic E-state index is -0.229. The van der Waals surface area contributed by atoms with E-state index in [-0.39, 0.29) is 31.1 Å². The first-order chi connectivity index (χ1) is 14.5. The Balaban J connectivity index is 1.33. The van der Waals surface area contributed by atoms with Crippen molar-refractivity contribution in [2.75, 3.05) is 13.2 Å². The van der Waals surface area contributed by atoms with E-state index in [1.54, 1.807) is 22.6 Å². The fraction of sp³-hybridized carbons (Fsp3) is 0.381. The number of aromatic nitrogens is 4. The average Bonchev–Trinajstić information content (AvgIpc) is 2.98. The van der Waals surface area contributed by atoms with E-state index in [2.05, 4.69) is 20.5 Å². The zero-order valence-corrected chi connectivity index (χ0v) is 17.0. The molecule has 4 rings (SSSR count). The molecule has 0 saturated heterocycles. The second kappa shape index (κ2) is 8.48. The van der Waals surface area contributed by atoms with Crippen molar-refractivity contribution in [3.63, 3.8) is 0 Å². The van der Waals surface area contributed by atoms with E-state index in [0.29, 0.717) is 41.9 Å². The molecular weight excluding hydrogens is 386 g/mol. The zero-order chi connectivity index (χ0) is 21.1. The van der Waals surface area contributed by atoms with Crippen molar-refractivity contribution in [1.82, 2.24) is 24.9 Å². The lowest BCUT2D eigenvalue weighted by atomic mass is 10.1. The first-order valence-corrected chi connectivity index (χ1v) is 9.89. The van der Waals surface area contributed by atoms with Gasteiger partial charge in [-0.15, -0.1) is 10.2 Å².